The highest BCUT2D eigenvalue weighted by Gasteiger charge is 2.15. The SMILES string of the molecule is Cc1ccc(S(=O)(=O)OCc2ccccc2Cl)cc1. The summed E-state index contributed by atoms with van der Waals surface area (Å²) in [6, 6.07) is 13.5. The molecule has 2 rings (SSSR count). The Morgan fingerprint density at radius 1 is 1.05 bits per heavy atom. The highest BCUT2D eigenvalue weighted by molar-refractivity contribution is 7.86. The number of hydrogen-bond donors (Lipinski definition) is 0. The lowest BCUT2D eigenvalue weighted by Crippen LogP contribution is -2.06. The molecule has 0 aliphatic heterocycles. The lowest BCUT2D eigenvalue weighted by molar-refractivity contribution is 0.308. The Morgan fingerprint density at radius 3 is 2.32 bits per heavy atom. The van der Waals surface area contributed by atoms with Gasteiger partial charge in [-0.3, -0.25) is 4.18 Å². The van der Waals surface area contributed by atoms with Gasteiger partial charge in [0, 0.05) is 5.02 Å². The summed E-state index contributed by atoms with van der Waals surface area (Å²) in [4.78, 5) is 0.144. The third-order valence-electron chi connectivity index (χ3n) is 2.64. The van der Waals surface area contributed by atoms with Crippen molar-refractivity contribution in [1.82, 2.24) is 0 Å². The van der Waals surface area contributed by atoms with E-state index in [4.69, 9.17) is 15.8 Å². The molecule has 0 bridgehead atoms. The Balaban J connectivity index is 2.14. The van der Waals surface area contributed by atoms with Gasteiger partial charge in [0.2, 0.25) is 0 Å². The zero-order chi connectivity index (χ0) is 13.9. The molecule has 0 spiro atoms. The second-order valence-corrected chi connectivity index (χ2v) is 6.14. The summed E-state index contributed by atoms with van der Waals surface area (Å²) in [5.41, 5.74) is 1.63. The Bertz CT molecular complexity index is 663. The van der Waals surface area contributed by atoms with E-state index in [9.17, 15) is 8.42 Å². The van der Waals surface area contributed by atoms with Gasteiger partial charge in [-0.1, -0.05) is 47.5 Å². The molecule has 0 amide bonds. The fourth-order valence-corrected chi connectivity index (χ4v) is 2.61. The molecule has 100 valence electrons. The summed E-state index contributed by atoms with van der Waals surface area (Å²) in [6.07, 6.45) is 0. The van der Waals surface area contributed by atoms with Crippen molar-refractivity contribution >= 4 is 21.7 Å². The molecule has 0 fully saturated rings. The molecule has 0 aliphatic carbocycles. The van der Waals surface area contributed by atoms with Gasteiger partial charge in [0.15, 0.2) is 0 Å². The van der Waals surface area contributed by atoms with Crippen molar-refractivity contribution in [3.05, 3.63) is 64.7 Å². The van der Waals surface area contributed by atoms with Crippen molar-refractivity contribution in [2.75, 3.05) is 0 Å². The van der Waals surface area contributed by atoms with Crippen LogP contribution in [0.5, 0.6) is 0 Å². The summed E-state index contributed by atoms with van der Waals surface area (Å²) in [5, 5.41) is 0.488. The predicted molar refractivity (Wildman–Crippen MR) is 74.6 cm³/mol. The molecular formula is C14H13ClO3S. The van der Waals surface area contributed by atoms with E-state index >= 15 is 0 Å². The molecule has 2 aromatic rings. The van der Waals surface area contributed by atoms with Crippen LogP contribution in [0.3, 0.4) is 0 Å². The predicted octanol–water partition coefficient (Wildman–Crippen LogP) is 3.55. The first-order chi connectivity index (χ1) is 8.99. The van der Waals surface area contributed by atoms with E-state index in [1.807, 2.05) is 6.92 Å². The van der Waals surface area contributed by atoms with Crippen molar-refractivity contribution in [2.45, 2.75) is 18.4 Å². The van der Waals surface area contributed by atoms with Crippen molar-refractivity contribution < 1.29 is 12.6 Å². The van der Waals surface area contributed by atoms with E-state index < -0.39 is 10.1 Å². The summed E-state index contributed by atoms with van der Waals surface area (Å²) in [6.45, 7) is 1.82. The summed E-state index contributed by atoms with van der Waals surface area (Å²) in [7, 11) is -3.75. The third-order valence-corrected chi connectivity index (χ3v) is 4.28. The average Bonchev–Trinajstić information content (AvgIpc) is 2.38. The van der Waals surface area contributed by atoms with Crippen LogP contribution >= 0.6 is 11.6 Å². The van der Waals surface area contributed by atoms with Crippen molar-refractivity contribution in [2.24, 2.45) is 0 Å². The van der Waals surface area contributed by atoms with Gasteiger partial charge >= 0.3 is 0 Å². The third kappa shape index (κ3) is 3.56. The molecule has 0 heterocycles. The summed E-state index contributed by atoms with van der Waals surface area (Å²) in [5.74, 6) is 0. The van der Waals surface area contributed by atoms with Gasteiger partial charge in [-0.15, -0.1) is 0 Å². The second kappa shape index (κ2) is 5.74. The van der Waals surface area contributed by atoms with Gasteiger partial charge in [-0.05, 0) is 30.7 Å². The zero-order valence-electron chi connectivity index (χ0n) is 10.3. The van der Waals surface area contributed by atoms with Crippen LogP contribution in [-0.2, 0) is 20.9 Å². The normalized spacial score (nSPS) is 11.5. The van der Waals surface area contributed by atoms with Crippen LogP contribution in [-0.4, -0.2) is 8.42 Å². The first kappa shape index (κ1) is 14.1. The Hall–Kier alpha value is -1.36. The number of hydrogen-bond acceptors (Lipinski definition) is 3. The van der Waals surface area contributed by atoms with Gasteiger partial charge in [-0.25, -0.2) is 0 Å². The maximum atomic E-state index is 12.0. The van der Waals surface area contributed by atoms with Gasteiger partial charge in [0.25, 0.3) is 10.1 Å². The van der Waals surface area contributed by atoms with Crippen LogP contribution in [0.2, 0.25) is 5.02 Å². The summed E-state index contributed by atoms with van der Waals surface area (Å²) < 4.78 is 28.9. The van der Waals surface area contributed by atoms with Crippen molar-refractivity contribution in [3.8, 4) is 0 Å². The smallest absolute Gasteiger partial charge is 0.261 e. The molecule has 0 N–H and O–H groups in total. The van der Waals surface area contributed by atoms with Crippen LogP contribution in [0.4, 0.5) is 0 Å². The minimum absolute atomic E-state index is 0.0735. The topological polar surface area (TPSA) is 43.4 Å². The van der Waals surface area contributed by atoms with E-state index in [0.29, 0.717) is 10.6 Å². The minimum Gasteiger partial charge on any atom is -0.261 e. The van der Waals surface area contributed by atoms with Crippen LogP contribution < -0.4 is 0 Å². The monoisotopic (exact) mass is 296 g/mol. The van der Waals surface area contributed by atoms with Crippen molar-refractivity contribution in [1.29, 1.82) is 0 Å². The maximum Gasteiger partial charge on any atom is 0.297 e. The first-order valence-electron chi connectivity index (χ1n) is 5.68. The van der Waals surface area contributed by atoms with Crippen molar-refractivity contribution in [3.63, 3.8) is 0 Å². The maximum absolute atomic E-state index is 12.0. The van der Waals surface area contributed by atoms with Crippen LogP contribution in [0.25, 0.3) is 0 Å². The molecule has 0 aromatic heterocycles. The van der Waals surface area contributed by atoms with E-state index in [2.05, 4.69) is 0 Å². The van der Waals surface area contributed by atoms with E-state index in [1.165, 1.54) is 12.1 Å². The lowest BCUT2D eigenvalue weighted by Gasteiger charge is -2.07. The van der Waals surface area contributed by atoms with E-state index in [0.717, 1.165) is 5.56 Å². The van der Waals surface area contributed by atoms with Crippen LogP contribution in [0.1, 0.15) is 11.1 Å². The van der Waals surface area contributed by atoms with E-state index in [-0.39, 0.29) is 11.5 Å². The van der Waals surface area contributed by atoms with Crippen LogP contribution in [0, 0.1) is 6.92 Å². The molecule has 0 saturated carbocycles. The fraction of sp³-hybridized carbons (Fsp3) is 0.143. The minimum atomic E-state index is -3.75. The summed E-state index contributed by atoms with van der Waals surface area (Å²) >= 11 is 5.95. The second-order valence-electron chi connectivity index (χ2n) is 4.12. The molecule has 0 unspecified atom stereocenters. The van der Waals surface area contributed by atoms with Gasteiger partial charge in [-0.2, -0.15) is 8.42 Å². The molecule has 0 atom stereocenters. The molecule has 0 aliphatic rings. The molecule has 2 aromatic carbocycles. The standard InChI is InChI=1S/C14H13ClO3S/c1-11-6-8-13(9-7-11)19(16,17)18-10-12-4-2-3-5-14(12)15/h2-9H,10H2,1H3. The van der Waals surface area contributed by atoms with Gasteiger partial charge in [0.1, 0.15) is 0 Å². The van der Waals surface area contributed by atoms with Gasteiger partial charge in [0.05, 0.1) is 11.5 Å². The van der Waals surface area contributed by atoms with Crippen LogP contribution in [0.15, 0.2) is 53.4 Å². The Morgan fingerprint density at radius 2 is 1.68 bits per heavy atom. The molecular weight excluding hydrogens is 284 g/mol. The fourth-order valence-electron chi connectivity index (χ4n) is 1.53. The first-order valence-corrected chi connectivity index (χ1v) is 7.47. The number of rotatable bonds is 4. The zero-order valence-corrected chi connectivity index (χ0v) is 11.9. The van der Waals surface area contributed by atoms with E-state index in [1.54, 1.807) is 36.4 Å². The largest absolute Gasteiger partial charge is 0.297 e. The Labute approximate surface area is 117 Å². The number of halogens is 1. The molecule has 0 saturated heterocycles. The van der Waals surface area contributed by atoms with Gasteiger partial charge < -0.3 is 0 Å². The molecule has 0 radical (unpaired) electrons. The number of aryl methyl sites for hydroxylation is 1. The molecule has 19 heavy (non-hydrogen) atoms. The molecule has 5 heteroatoms. The highest BCUT2D eigenvalue weighted by atomic mass is 35.5. The average molecular weight is 297 g/mol. The Kier molecular flexibility index (Phi) is 4.24. The molecule has 3 nitrogen and oxygen atoms in total. The number of benzene rings is 2. The quantitative estimate of drug-likeness (QED) is 0.810. The highest BCUT2D eigenvalue weighted by Crippen LogP contribution is 2.19. The lowest BCUT2D eigenvalue weighted by atomic mass is 10.2.